The highest BCUT2D eigenvalue weighted by molar-refractivity contribution is 7.90. The Bertz CT molecular complexity index is 1240. The molecule has 0 aliphatic heterocycles. The summed E-state index contributed by atoms with van der Waals surface area (Å²) in [6.45, 7) is 10.2. The minimum absolute atomic E-state index is 0.310. The summed E-state index contributed by atoms with van der Waals surface area (Å²) in [5, 5.41) is 2.67. The van der Waals surface area contributed by atoms with Crippen LogP contribution in [0.5, 0.6) is 0 Å². The van der Waals surface area contributed by atoms with Gasteiger partial charge in [0.15, 0.2) is 0 Å². The highest BCUT2D eigenvalue weighted by Crippen LogP contribution is 2.69. The second-order valence-corrected chi connectivity index (χ2v) is 16.2. The van der Waals surface area contributed by atoms with Crippen molar-refractivity contribution in [1.29, 1.82) is 0 Å². The van der Waals surface area contributed by atoms with Crippen molar-refractivity contribution in [2.24, 2.45) is 52.3 Å². The Morgan fingerprint density at radius 2 is 1.67 bits per heavy atom. The molecule has 9 atom stereocenters. The van der Waals surface area contributed by atoms with E-state index in [2.05, 4.69) is 33.0 Å². The van der Waals surface area contributed by atoms with Crippen LogP contribution >= 0.6 is 0 Å². The number of hydrogen-bond donors (Lipinski definition) is 2. The van der Waals surface area contributed by atoms with Crippen LogP contribution in [0.1, 0.15) is 104 Å². The van der Waals surface area contributed by atoms with Crippen molar-refractivity contribution in [2.75, 3.05) is 6.54 Å². The van der Waals surface area contributed by atoms with Crippen LogP contribution < -0.4 is 10.0 Å². The number of amides is 2. The van der Waals surface area contributed by atoms with Gasteiger partial charge < -0.3 is 5.32 Å². The molecule has 5 nitrogen and oxygen atoms in total. The molecule has 5 rings (SSSR count). The second kappa shape index (κ2) is 11.6. The van der Waals surface area contributed by atoms with E-state index in [-0.39, 0.29) is 4.90 Å². The van der Waals surface area contributed by atoms with E-state index in [0.29, 0.717) is 41.3 Å². The fourth-order valence-electron chi connectivity index (χ4n) is 10.6. The summed E-state index contributed by atoms with van der Waals surface area (Å²) in [5.74, 6) is 5.19. The van der Waals surface area contributed by atoms with Gasteiger partial charge in [0.1, 0.15) is 0 Å². The number of sulfonamides is 1. The number of halogens is 3. The highest BCUT2D eigenvalue weighted by Gasteiger charge is 2.61. The summed E-state index contributed by atoms with van der Waals surface area (Å²) in [7, 11) is -4.27. The van der Waals surface area contributed by atoms with Gasteiger partial charge in [-0.25, -0.2) is 17.9 Å². The van der Waals surface area contributed by atoms with Gasteiger partial charge in [-0.1, -0.05) is 47.0 Å². The van der Waals surface area contributed by atoms with Crippen LogP contribution in [0.15, 0.2) is 29.2 Å². The van der Waals surface area contributed by atoms with Crippen molar-refractivity contribution in [3.05, 3.63) is 29.8 Å². The van der Waals surface area contributed by atoms with Crippen LogP contribution in [0.2, 0.25) is 0 Å². The minimum Gasteiger partial charge on any atom is -0.337 e. The van der Waals surface area contributed by atoms with Gasteiger partial charge in [0.2, 0.25) is 0 Å². The zero-order chi connectivity index (χ0) is 30.5. The predicted octanol–water partition coefficient (Wildman–Crippen LogP) is 8.40. The maximum Gasteiger partial charge on any atom is 0.416 e. The normalized spacial score (nSPS) is 37.2. The third-order valence-electron chi connectivity index (χ3n) is 12.6. The lowest BCUT2D eigenvalue weighted by atomic mass is 9.42. The van der Waals surface area contributed by atoms with Gasteiger partial charge in [0.25, 0.3) is 10.0 Å². The lowest BCUT2D eigenvalue weighted by Crippen LogP contribution is -2.55. The molecule has 1 aromatic rings. The van der Waals surface area contributed by atoms with Gasteiger partial charge in [-0.15, -0.1) is 0 Å². The lowest BCUT2D eigenvalue weighted by molar-refractivity contribution is -0.138. The Kier molecular flexibility index (Phi) is 8.76. The minimum atomic E-state index is -4.57. The molecule has 2 N–H and O–H groups in total. The molecular formula is C33H49F3N2O3S. The molecule has 0 radical (unpaired) electrons. The maximum atomic E-state index is 12.8. The third kappa shape index (κ3) is 5.72. The molecule has 236 valence electrons. The SMILES string of the molecule is CC[C@H]1C[C@H]2C3CCC([C@H](C)CCNC(=O)NS(=O)(=O)c4ccc(C(F)(F)F)cc4)[C@@]3(C)CC[C@@H]2[C@@]2(C)CCCC[C@@H]12. The fraction of sp³-hybridized carbons (Fsp3) is 0.788. The molecule has 4 saturated carbocycles. The summed E-state index contributed by atoms with van der Waals surface area (Å²) >= 11 is 0. The van der Waals surface area contributed by atoms with Crippen LogP contribution in [0.4, 0.5) is 18.0 Å². The summed E-state index contributed by atoms with van der Waals surface area (Å²) in [5.41, 5.74) is -0.132. The molecule has 2 amide bonds. The van der Waals surface area contributed by atoms with Crippen molar-refractivity contribution in [3.8, 4) is 0 Å². The summed E-state index contributed by atoms with van der Waals surface area (Å²) in [4.78, 5) is 12.0. The largest absolute Gasteiger partial charge is 0.416 e. The van der Waals surface area contributed by atoms with Crippen LogP contribution in [0.3, 0.4) is 0 Å². The van der Waals surface area contributed by atoms with Gasteiger partial charge in [0.05, 0.1) is 10.5 Å². The Balaban J connectivity index is 1.17. The Morgan fingerprint density at radius 1 is 0.976 bits per heavy atom. The van der Waals surface area contributed by atoms with Crippen LogP contribution in [0.25, 0.3) is 0 Å². The number of hydrogen-bond acceptors (Lipinski definition) is 3. The van der Waals surface area contributed by atoms with Gasteiger partial charge in [-0.3, -0.25) is 0 Å². The molecule has 0 bridgehead atoms. The quantitative estimate of drug-likeness (QED) is 0.326. The first-order chi connectivity index (χ1) is 19.7. The van der Waals surface area contributed by atoms with Gasteiger partial charge >= 0.3 is 12.2 Å². The molecule has 0 heterocycles. The molecule has 4 fully saturated rings. The number of nitrogens with one attached hydrogen (secondary N) is 2. The first kappa shape index (κ1) is 31.6. The molecule has 0 saturated heterocycles. The standard InChI is InChI=1S/C33H49F3N2O3S/c1-5-22-20-25-28-14-13-26(32(28,4)18-15-29(25)31(3)17-7-6-8-27(22)31)21(2)16-19-37-30(39)38-42(40,41)24-11-9-23(10-12-24)33(34,35)36/h9-12,21-22,25-29H,5-8,13-20H2,1-4H3,(H2,37,38,39)/t21-,22+,25+,26?,27+,28?,29+,31+,32-/m1/s1. The molecule has 4 aliphatic rings. The van der Waals surface area contributed by atoms with Crippen molar-refractivity contribution in [1.82, 2.24) is 10.0 Å². The predicted molar refractivity (Wildman–Crippen MR) is 158 cm³/mol. The molecule has 4 aliphatic carbocycles. The van der Waals surface area contributed by atoms with E-state index in [1.807, 2.05) is 4.72 Å². The van der Waals surface area contributed by atoms with Crippen LogP contribution in [0, 0.1) is 52.3 Å². The van der Waals surface area contributed by atoms with E-state index in [4.69, 9.17) is 0 Å². The van der Waals surface area contributed by atoms with E-state index in [0.717, 1.165) is 48.1 Å². The van der Waals surface area contributed by atoms with Crippen LogP contribution in [-0.4, -0.2) is 21.0 Å². The number of alkyl halides is 3. The number of carbonyl (C=O) groups is 1. The van der Waals surface area contributed by atoms with Gasteiger partial charge in [-0.05, 0) is 128 Å². The smallest absolute Gasteiger partial charge is 0.337 e. The van der Waals surface area contributed by atoms with Gasteiger partial charge in [-0.2, -0.15) is 13.2 Å². The first-order valence-electron chi connectivity index (χ1n) is 16.2. The number of benzene rings is 1. The molecule has 42 heavy (non-hydrogen) atoms. The molecule has 1 aromatic carbocycles. The average molecular weight is 611 g/mol. The van der Waals surface area contributed by atoms with Crippen molar-refractivity contribution in [3.63, 3.8) is 0 Å². The van der Waals surface area contributed by atoms with Crippen LogP contribution in [-0.2, 0) is 16.2 Å². The van der Waals surface area contributed by atoms with Crippen molar-refractivity contribution in [2.45, 2.75) is 109 Å². The number of rotatable bonds is 7. The van der Waals surface area contributed by atoms with Crippen molar-refractivity contribution >= 4 is 16.1 Å². The molecular weight excluding hydrogens is 561 g/mol. The molecule has 9 heteroatoms. The number of fused-ring (bicyclic) bond motifs is 5. The van der Waals surface area contributed by atoms with Crippen molar-refractivity contribution < 1.29 is 26.4 Å². The summed E-state index contributed by atoms with van der Waals surface area (Å²) < 4.78 is 65.4. The third-order valence-corrected chi connectivity index (χ3v) is 14.0. The van der Waals surface area contributed by atoms with E-state index in [1.54, 1.807) is 0 Å². The monoisotopic (exact) mass is 610 g/mol. The molecule has 2 unspecified atom stereocenters. The average Bonchev–Trinajstić information content (AvgIpc) is 3.29. The number of carbonyl (C=O) groups excluding carboxylic acids is 1. The summed E-state index contributed by atoms with van der Waals surface area (Å²) in [6.07, 6.45) is 9.65. The highest BCUT2D eigenvalue weighted by atomic mass is 32.2. The topological polar surface area (TPSA) is 75.3 Å². The summed E-state index contributed by atoms with van der Waals surface area (Å²) in [6, 6.07) is 2.24. The fourth-order valence-corrected chi connectivity index (χ4v) is 11.6. The lowest BCUT2D eigenvalue weighted by Gasteiger charge is -2.63. The van der Waals surface area contributed by atoms with Gasteiger partial charge in [0, 0.05) is 6.54 Å². The Labute approximate surface area is 250 Å². The Hall–Kier alpha value is -1.77. The van der Waals surface area contributed by atoms with E-state index in [9.17, 15) is 26.4 Å². The molecule has 0 aromatic heterocycles. The first-order valence-corrected chi connectivity index (χ1v) is 17.7. The van der Waals surface area contributed by atoms with E-state index < -0.39 is 27.8 Å². The zero-order valence-corrected chi connectivity index (χ0v) is 26.4. The second-order valence-electron chi connectivity index (χ2n) is 14.5. The van der Waals surface area contributed by atoms with E-state index >= 15 is 0 Å². The maximum absolute atomic E-state index is 12.8. The zero-order valence-electron chi connectivity index (χ0n) is 25.6. The molecule has 0 spiro atoms. The Morgan fingerprint density at radius 3 is 2.33 bits per heavy atom. The van der Waals surface area contributed by atoms with E-state index in [1.165, 1.54) is 64.2 Å². The number of urea groups is 1.